The number of carbonyl (C=O) groups is 5. The highest BCUT2D eigenvalue weighted by atomic mass is 16.3. The van der Waals surface area contributed by atoms with Crippen LogP contribution in [0.3, 0.4) is 0 Å². The Morgan fingerprint density at radius 3 is 2.31 bits per heavy atom. The minimum atomic E-state index is -2.62. The molecule has 9 nitrogen and oxygen atoms in total. The van der Waals surface area contributed by atoms with Crippen LogP contribution in [0.5, 0.6) is 0 Å². The molecule has 0 spiro atoms. The predicted molar refractivity (Wildman–Crippen MR) is 114 cm³/mol. The van der Waals surface area contributed by atoms with Crippen LogP contribution in [-0.4, -0.2) is 78.9 Å². The molecule has 0 aromatic heterocycles. The van der Waals surface area contributed by atoms with E-state index >= 15 is 0 Å². The molecular weight excluding hydrogens is 414 g/mol. The molecule has 1 aromatic rings. The molecule has 3 aliphatic carbocycles. The van der Waals surface area contributed by atoms with Crippen LogP contribution >= 0.6 is 0 Å². The standard InChI is InChI=1S/C23H27N3O6/c1-25(2)14-7-5-6-11-12(14)8-10-9-13-17(26(3)4)19(28)16(22(24)31)21(30)23(13,32)20(29)15(10)18(11)27/h5-7,10,13,15-17,32H,8-9H2,1-4H3,(H2,24,31)/t10?,13?,15?,16?,17-,23-/m0/s1. The fraction of sp³-hybridized carbons (Fsp3) is 0.522. The Morgan fingerprint density at radius 2 is 1.75 bits per heavy atom. The summed E-state index contributed by atoms with van der Waals surface area (Å²) in [5.41, 5.74) is 4.76. The smallest absolute Gasteiger partial charge is 0.235 e. The van der Waals surface area contributed by atoms with Crippen LogP contribution in [0.25, 0.3) is 0 Å². The summed E-state index contributed by atoms with van der Waals surface area (Å²) < 4.78 is 0. The van der Waals surface area contributed by atoms with Crippen molar-refractivity contribution < 1.29 is 29.1 Å². The maximum absolute atomic E-state index is 13.6. The largest absolute Gasteiger partial charge is 0.377 e. The number of anilines is 1. The number of hydrogen-bond acceptors (Lipinski definition) is 8. The first-order chi connectivity index (χ1) is 14.9. The lowest BCUT2D eigenvalue weighted by Gasteiger charge is -2.52. The molecule has 2 saturated carbocycles. The number of hydrogen-bond donors (Lipinski definition) is 2. The molecule has 0 saturated heterocycles. The quantitative estimate of drug-likeness (QED) is 0.583. The van der Waals surface area contributed by atoms with E-state index in [0.717, 1.165) is 11.3 Å². The van der Waals surface area contributed by atoms with Gasteiger partial charge in [0.05, 0.1) is 12.0 Å². The summed E-state index contributed by atoms with van der Waals surface area (Å²) in [7, 11) is 6.89. The van der Waals surface area contributed by atoms with Crippen molar-refractivity contribution in [1.82, 2.24) is 4.90 Å². The Morgan fingerprint density at radius 1 is 1.09 bits per heavy atom. The van der Waals surface area contributed by atoms with E-state index < -0.39 is 64.4 Å². The number of nitrogens with two attached hydrogens (primary N) is 1. The summed E-state index contributed by atoms with van der Waals surface area (Å²) in [5, 5.41) is 11.5. The van der Waals surface area contributed by atoms with Crippen molar-refractivity contribution in [2.45, 2.75) is 24.5 Å². The summed E-state index contributed by atoms with van der Waals surface area (Å²) in [4.78, 5) is 68.6. The second kappa shape index (κ2) is 7.31. The average Bonchev–Trinajstić information content (AvgIpc) is 2.70. The van der Waals surface area contributed by atoms with Gasteiger partial charge >= 0.3 is 0 Å². The van der Waals surface area contributed by atoms with Crippen LogP contribution in [0.1, 0.15) is 22.3 Å². The van der Waals surface area contributed by atoms with E-state index in [1.807, 2.05) is 25.1 Å². The second-order valence-electron chi connectivity index (χ2n) is 9.49. The van der Waals surface area contributed by atoms with Gasteiger partial charge in [-0.2, -0.15) is 0 Å². The van der Waals surface area contributed by atoms with Gasteiger partial charge in [0.15, 0.2) is 34.7 Å². The van der Waals surface area contributed by atoms with E-state index in [1.54, 1.807) is 26.2 Å². The van der Waals surface area contributed by atoms with Gasteiger partial charge < -0.3 is 15.7 Å². The number of amides is 1. The van der Waals surface area contributed by atoms with Gasteiger partial charge in [-0.3, -0.25) is 28.9 Å². The molecular formula is C23H27N3O6. The lowest BCUT2D eigenvalue weighted by molar-refractivity contribution is -0.181. The van der Waals surface area contributed by atoms with Gasteiger partial charge in [0.2, 0.25) is 5.91 Å². The van der Waals surface area contributed by atoms with E-state index in [9.17, 15) is 29.1 Å². The van der Waals surface area contributed by atoms with Gasteiger partial charge in [-0.05, 0) is 44.5 Å². The van der Waals surface area contributed by atoms with Crippen LogP contribution in [-0.2, 0) is 25.6 Å². The number of benzene rings is 1. The Balaban J connectivity index is 1.86. The molecule has 2 fully saturated rings. The zero-order chi connectivity index (χ0) is 23.7. The topological polar surface area (TPSA) is 138 Å². The first-order valence-electron chi connectivity index (χ1n) is 10.6. The number of fused-ring (bicyclic) bond motifs is 3. The highest BCUT2D eigenvalue weighted by molar-refractivity contribution is 6.32. The first kappa shape index (κ1) is 22.3. The van der Waals surface area contributed by atoms with Crippen molar-refractivity contribution in [3.8, 4) is 0 Å². The molecule has 32 heavy (non-hydrogen) atoms. The van der Waals surface area contributed by atoms with Crippen LogP contribution in [0, 0.1) is 23.7 Å². The highest BCUT2D eigenvalue weighted by Gasteiger charge is 2.69. The molecule has 170 valence electrons. The minimum absolute atomic E-state index is 0.117. The number of rotatable bonds is 3. The van der Waals surface area contributed by atoms with E-state index in [4.69, 9.17) is 5.73 Å². The van der Waals surface area contributed by atoms with Crippen molar-refractivity contribution in [2.24, 2.45) is 29.4 Å². The van der Waals surface area contributed by atoms with Crippen molar-refractivity contribution in [3.05, 3.63) is 29.3 Å². The van der Waals surface area contributed by atoms with E-state index in [0.29, 0.717) is 12.0 Å². The summed E-state index contributed by atoms with van der Waals surface area (Å²) >= 11 is 0. The zero-order valence-corrected chi connectivity index (χ0v) is 18.5. The minimum Gasteiger partial charge on any atom is -0.377 e. The zero-order valence-electron chi connectivity index (χ0n) is 18.5. The van der Waals surface area contributed by atoms with Crippen molar-refractivity contribution in [1.29, 1.82) is 0 Å². The van der Waals surface area contributed by atoms with Gasteiger partial charge in [-0.25, -0.2) is 0 Å². The van der Waals surface area contributed by atoms with Gasteiger partial charge in [0.1, 0.15) is 0 Å². The van der Waals surface area contributed by atoms with Crippen LogP contribution in [0.4, 0.5) is 5.69 Å². The lowest BCUT2D eigenvalue weighted by atomic mass is 9.52. The third kappa shape index (κ3) is 2.80. The molecule has 6 atom stereocenters. The molecule has 0 bridgehead atoms. The number of primary amides is 1. The van der Waals surface area contributed by atoms with Gasteiger partial charge in [-0.1, -0.05) is 12.1 Å². The van der Waals surface area contributed by atoms with Crippen molar-refractivity contribution in [3.63, 3.8) is 0 Å². The van der Waals surface area contributed by atoms with Gasteiger partial charge in [-0.15, -0.1) is 0 Å². The van der Waals surface area contributed by atoms with Crippen molar-refractivity contribution in [2.75, 3.05) is 33.1 Å². The van der Waals surface area contributed by atoms with Gasteiger partial charge in [0.25, 0.3) is 0 Å². The van der Waals surface area contributed by atoms with Crippen molar-refractivity contribution >= 4 is 34.7 Å². The molecule has 1 aromatic carbocycles. The normalized spacial score (nSPS) is 34.1. The lowest BCUT2D eigenvalue weighted by Crippen LogP contribution is -2.74. The first-order valence-corrected chi connectivity index (χ1v) is 10.6. The Kier molecular flexibility index (Phi) is 5.09. The fourth-order valence-electron chi connectivity index (χ4n) is 5.93. The third-order valence-corrected chi connectivity index (χ3v) is 7.31. The van der Waals surface area contributed by atoms with Crippen LogP contribution < -0.4 is 10.6 Å². The monoisotopic (exact) mass is 441 g/mol. The summed E-state index contributed by atoms with van der Waals surface area (Å²) in [6.45, 7) is 0. The average molecular weight is 441 g/mol. The SMILES string of the molecule is CN(C)c1cccc2c1CC1CC3[C@H](N(C)C)C(=O)C(C(N)=O)C(=O)[C@@]3(O)C(=O)C1C2=O. The Bertz CT molecular complexity index is 1060. The van der Waals surface area contributed by atoms with E-state index in [1.165, 1.54) is 4.90 Å². The second-order valence-corrected chi connectivity index (χ2v) is 9.49. The third-order valence-electron chi connectivity index (χ3n) is 7.31. The maximum Gasteiger partial charge on any atom is 0.235 e. The molecule has 1 amide bonds. The summed E-state index contributed by atoms with van der Waals surface area (Å²) in [6.07, 6.45) is 0.520. The molecule has 4 rings (SSSR count). The van der Waals surface area contributed by atoms with Crippen LogP contribution in [0.2, 0.25) is 0 Å². The maximum atomic E-state index is 13.6. The van der Waals surface area contributed by atoms with E-state index in [-0.39, 0.29) is 6.42 Å². The number of aliphatic hydroxyl groups is 1. The number of nitrogens with zero attached hydrogens (tertiary/aromatic N) is 2. The van der Waals surface area contributed by atoms with Gasteiger partial charge in [0, 0.05) is 31.3 Å². The number of carbonyl (C=O) groups excluding carboxylic acids is 5. The number of ketones is 4. The Labute approximate surface area is 185 Å². The number of likely N-dealkylation sites (N-methyl/N-ethyl adjacent to an activating group) is 1. The molecule has 0 heterocycles. The Hall–Kier alpha value is -2.91. The molecule has 4 unspecified atom stereocenters. The molecule has 0 radical (unpaired) electrons. The summed E-state index contributed by atoms with van der Waals surface area (Å²) in [5.74, 6) is -9.18. The highest BCUT2D eigenvalue weighted by Crippen LogP contribution is 2.50. The molecule has 3 aliphatic rings. The van der Waals surface area contributed by atoms with Crippen LogP contribution in [0.15, 0.2) is 18.2 Å². The van der Waals surface area contributed by atoms with E-state index in [2.05, 4.69) is 0 Å². The molecule has 0 aliphatic heterocycles. The summed E-state index contributed by atoms with van der Waals surface area (Å²) in [6, 6.07) is 4.21. The number of Topliss-reactive ketones (excluding diaryl/α,β-unsaturated/α-hetero) is 4. The predicted octanol–water partition coefficient (Wildman–Crippen LogP) is -0.773. The molecule has 9 heteroatoms. The molecule has 3 N–H and O–H groups in total. The fourth-order valence-corrected chi connectivity index (χ4v) is 5.93.